The Morgan fingerprint density at radius 3 is 2.67 bits per heavy atom. The van der Waals surface area contributed by atoms with Gasteiger partial charge in [-0.3, -0.25) is 10.1 Å². The number of hydrogen-bond acceptors (Lipinski definition) is 4. The largest absolute Gasteiger partial charge is 0.378 e. The molecular weight excluding hydrogens is 237 g/mol. The monoisotopic (exact) mass is 247 g/mol. The smallest absolute Gasteiger partial charge is 0.314 e. The number of nitrogens with two attached hydrogens (primary N) is 1. The van der Waals surface area contributed by atoms with Crippen molar-refractivity contribution in [3.05, 3.63) is 63.6 Å². The Kier molecular flexibility index (Phi) is 3.18. The Morgan fingerprint density at radius 2 is 2.00 bits per heavy atom. The van der Waals surface area contributed by atoms with Gasteiger partial charge in [-0.1, -0.05) is 18.2 Å². The second-order valence-electron chi connectivity index (χ2n) is 3.73. The van der Waals surface area contributed by atoms with Gasteiger partial charge in [0.15, 0.2) is 0 Å². The number of nitro groups is 1. The molecule has 0 saturated heterocycles. The Hall–Kier alpha value is -2.50. The van der Waals surface area contributed by atoms with Gasteiger partial charge in [-0.05, 0) is 17.7 Å². The van der Waals surface area contributed by atoms with Crippen LogP contribution in [0.3, 0.4) is 0 Å². The summed E-state index contributed by atoms with van der Waals surface area (Å²) in [6.45, 7) is 0. The summed E-state index contributed by atoms with van der Waals surface area (Å²) in [5, 5.41) is 10.9. The number of nitrogens with zero attached hydrogens (tertiary/aromatic N) is 2. The summed E-state index contributed by atoms with van der Waals surface area (Å²) >= 11 is 0. The quantitative estimate of drug-likeness (QED) is 0.666. The lowest BCUT2D eigenvalue weighted by molar-refractivity contribution is -0.384. The summed E-state index contributed by atoms with van der Waals surface area (Å²) in [5.41, 5.74) is 5.93. The van der Waals surface area contributed by atoms with Gasteiger partial charge < -0.3 is 5.73 Å². The molecule has 6 heteroatoms. The van der Waals surface area contributed by atoms with E-state index in [9.17, 15) is 14.5 Å². The normalized spacial score (nSPS) is 10.3. The minimum absolute atomic E-state index is 0.107. The molecule has 0 saturated carbocycles. The number of pyridine rings is 1. The van der Waals surface area contributed by atoms with Gasteiger partial charge in [0.2, 0.25) is 5.82 Å². The van der Waals surface area contributed by atoms with Gasteiger partial charge in [0.1, 0.15) is 5.82 Å². The highest BCUT2D eigenvalue weighted by atomic mass is 19.1. The summed E-state index contributed by atoms with van der Waals surface area (Å²) in [4.78, 5) is 14.0. The van der Waals surface area contributed by atoms with Crippen LogP contribution in [0.25, 0.3) is 0 Å². The first-order chi connectivity index (χ1) is 8.59. The average Bonchev–Trinajstić information content (AvgIpc) is 2.31. The second-order valence-corrected chi connectivity index (χ2v) is 3.73. The molecule has 0 atom stereocenters. The maximum atomic E-state index is 13.5. The lowest BCUT2D eigenvalue weighted by Gasteiger charge is -2.05. The first-order valence-corrected chi connectivity index (χ1v) is 5.20. The highest BCUT2D eigenvalue weighted by Crippen LogP contribution is 2.26. The molecule has 0 aliphatic heterocycles. The van der Waals surface area contributed by atoms with E-state index in [4.69, 9.17) is 5.73 Å². The Bertz CT molecular complexity index is 602. The highest BCUT2D eigenvalue weighted by Gasteiger charge is 2.19. The lowest BCUT2D eigenvalue weighted by Crippen LogP contribution is -2.03. The summed E-state index contributed by atoms with van der Waals surface area (Å²) in [6, 6.07) is 7.60. The zero-order chi connectivity index (χ0) is 13.1. The van der Waals surface area contributed by atoms with Crippen molar-refractivity contribution in [2.75, 3.05) is 5.73 Å². The predicted molar refractivity (Wildman–Crippen MR) is 64.5 cm³/mol. The van der Waals surface area contributed by atoms with E-state index in [1.807, 2.05) is 0 Å². The van der Waals surface area contributed by atoms with Gasteiger partial charge in [-0.2, -0.15) is 0 Å². The fourth-order valence-electron chi connectivity index (χ4n) is 1.71. The molecule has 92 valence electrons. The lowest BCUT2D eigenvalue weighted by atomic mass is 10.0. The number of aromatic nitrogens is 1. The van der Waals surface area contributed by atoms with Crippen LogP contribution in [0.1, 0.15) is 11.1 Å². The molecule has 0 unspecified atom stereocenters. The molecule has 0 radical (unpaired) electrons. The van der Waals surface area contributed by atoms with Crippen molar-refractivity contribution in [2.45, 2.75) is 6.42 Å². The van der Waals surface area contributed by atoms with Crippen LogP contribution >= 0.6 is 0 Å². The van der Waals surface area contributed by atoms with E-state index in [0.29, 0.717) is 11.1 Å². The van der Waals surface area contributed by atoms with Crippen molar-refractivity contribution in [2.24, 2.45) is 0 Å². The SMILES string of the molecule is Nc1nccc(Cc2ccccc2F)c1[N+](=O)[O-]. The summed E-state index contributed by atoms with van der Waals surface area (Å²) in [7, 11) is 0. The maximum Gasteiger partial charge on any atom is 0.314 e. The summed E-state index contributed by atoms with van der Waals surface area (Å²) in [5.74, 6) is -0.559. The number of halogens is 1. The fraction of sp³-hybridized carbons (Fsp3) is 0.0833. The van der Waals surface area contributed by atoms with Crippen LogP contribution in [-0.4, -0.2) is 9.91 Å². The van der Waals surface area contributed by atoms with Gasteiger partial charge in [-0.15, -0.1) is 0 Å². The van der Waals surface area contributed by atoms with E-state index < -0.39 is 10.7 Å². The molecule has 0 fully saturated rings. The maximum absolute atomic E-state index is 13.5. The van der Waals surface area contributed by atoms with Crippen LogP contribution in [0, 0.1) is 15.9 Å². The Balaban J connectivity index is 2.44. The molecule has 2 rings (SSSR count). The average molecular weight is 247 g/mol. The molecular formula is C12H10FN3O2. The zero-order valence-corrected chi connectivity index (χ0v) is 9.34. The first-order valence-electron chi connectivity index (χ1n) is 5.20. The van der Waals surface area contributed by atoms with Crippen molar-refractivity contribution in [1.82, 2.24) is 4.98 Å². The molecule has 2 aromatic rings. The number of hydrogen-bond donors (Lipinski definition) is 1. The molecule has 0 spiro atoms. The van der Waals surface area contributed by atoms with E-state index in [0.717, 1.165) is 0 Å². The van der Waals surface area contributed by atoms with Crippen LogP contribution < -0.4 is 5.73 Å². The van der Waals surface area contributed by atoms with Gasteiger partial charge in [-0.25, -0.2) is 9.37 Å². The molecule has 0 amide bonds. The molecule has 1 aromatic heterocycles. The van der Waals surface area contributed by atoms with E-state index in [1.54, 1.807) is 18.2 Å². The summed E-state index contributed by atoms with van der Waals surface area (Å²) < 4.78 is 13.5. The van der Waals surface area contributed by atoms with E-state index in [-0.39, 0.29) is 17.9 Å². The van der Waals surface area contributed by atoms with Crippen molar-refractivity contribution >= 4 is 11.5 Å². The predicted octanol–water partition coefficient (Wildman–Crippen LogP) is 2.30. The molecule has 0 aliphatic rings. The number of benzene rings is 1. The van der Waals surface area contributed by atoms with Gasteiger partial charge in [0.05, 0.1) is 4.92 Å². The van der Waals surface area contributed by atoms with Crippen LogP contribution in [-0.2, 0) is 6.42 Å². The van der Waals surface area contributed by atoms with E-state index >= 15 is 0 Å². The van der Waals surface area contributed by atoms with Crippen molar-refractivity contribution in [3.8, 4) is 0 Å². The molecule has 1 heterocycles. The standard InChI is InChI=1S/C12H10FN3O2/c13-10-4-2-1-3-8(10)7-9-5-6-15-12(14)11(9)16(17)18/h1-6H,7H2,(H2,14,15). The minimum atomic E-state index is -0.599. The third-order valence-corrected chi connectivity index (χ3v) is 2.56. The molecule has 2 N–H and O–H groups in total. The molecule has 0 bridgehead atoms. The van der Waals surface area contributed by atoms with Gasteiger partial charge in [0.25, 0.3) is 0 Å². The van der Waals surface area contributed by atoms with Crippen molar-refractivity contribution in [3.63, 3.8) is 0 Å². The van der Waals surface area contributed by atoms with Gasteiger partial charge >= 0.3 is 5.69 Å². The number of rotatable bonds is 3. The Morgan fingerprint density at radius 1 is 1.28 bits per heavy atom. The molecule has 5 nitrogen and oxygen atoms in total. The zero-order valence-electron chi connectivity index (χ0n) is 9.34. The molecule has 18 heavy (non-hydrogen) atoms. The topological polar surface area (TPSA) is 82.0 Å². The van der Waals surface area contributed by atoms with E-state index in [2.05, 4.69) is 4.98 Å². The number of nitrogen functional groups attached to an aromatic ring is 1. The fourth-order valence-corrected chi connectivity index (χ4v) is 1.71. The van der Waals surface area contributed by atoms with Crippen LogP contribution in [0.2, 0.25) is 0 Å². The minimum Gasteiger partial charge on any atom is -0.378 e. The molecule has 1 aromatic carbocycles. The van der Waals surface area contributed by atoms with Crippen molar-refractivity contribution in [1.29, 1.82) is 0 Å². The highest BCUT2D eigenvalue weighted by molar-refractivity contribution is 5.58. The van der Waals surface area contributed by atoms with Crippen LogP contribution in [0.4, 0.5) is 15.9 Å². The van der Waals surface area contributed by atoms with Crippen LogP contribution in [0.15, 0.2) is 36.5 Å². The van der Waals surface area contributed by atoms with E-state index in [1.165, 1.54) is 18.3 Å². The number of anilines is 1. The summed E-state index contributed by atoms with van der Waals surface area (Å²) in [6.07, 6.45) is 1.48. The van der Waals surface area contributed by atoms with Gasteiger partial charge in [0, 0.05) is 18.2 Å². The second kappa shape index (κ2) is 4.79. The Labute approximate surface area is 102 Å². The third-order valence-electron chi connectivity index (χ3n) is 2.56. The third kappa shape index (κ3) is 2.27. The van der Waals surface area contributed by atoms with Crippen LogP contribution in [0.5, 0.6) is 0 Å². The molecule has 0 aliphatic carbocycles. The van der Waals surface area contributed by atoms with Crippen molar-refractivity contribution < 1.29 is 9.31 Å². The first kappa shape index (κ1) is 12.0.